The summed E-state index contributed by atoms with van der Waals surface area (Å²) in [4.78, 5) is 11.7. The predicted molar refractivity (Wildman–Crippen MR) is 32.7 cm³/mol. The number of amides is 1. The van der Waals surface area contributed by atoms with Gasteiger partial charge in [0.05, 0.1) is 0 Å². The van der Waals surface area contributed by atoms with E-state index in [9.17, 15) is 4.79 Å². The van der Waals surface area contributed by atoms with Crippen molar-refractivity contribution in [2.45, 2.75) is 6.92 Å². The van der Waals surface area contributed by atoms with Crippen molar-refractivity contribution < 1.29 is 4.79 Å². The first-order valence-electron chi connectivity index (χ1n) is 2.12. The second-order valence-corrected chi connectivity index (χ2v) is 1.68. The molecule has 0 radical (unpaired) electrons. The Kier molecular flexibility index (Phi) is 2.83. The molecule has 0 spiro atoms. The van der Waals surface area contributed by atoms with E-state index in [1.807, 2.05) is 6.92 Å². The van der Waals surface area contributed by atoms with Gasteiger partial charge in [-0.1, -0.05) is 12.6 Å². The lowest BCUT2D eigenvalue weighted by atomic mass is 10.7. The number of hydrogen-bond donors (Lipinski definition) is 1. The van der Waals surface area contributed by atoms with Crippen molar-refractivity contribution in [3.63, 3.8) is 0 Å². The van der Waals surface area contributed by atoms with Crippen LogP contribution in [0.15, 0.2) is 0 Å². The van der Waals surface area contributed by atoms with Gasteiger partial charge >= 0.3 is 0 Å². The van der Waals surface area contributed by atoms with E-state index in [-0.39, 0.29) is 5.24 Å². The Morgan fingerprint density at radius 2 is 2.29 bits per heavy atom. The van der Waals surface area contributed by atoms with Crippen molar-refractivity contribution >= 4 is 17.9 Å². The Morgan fingerprint density at radius 1 is 1.86 bits per heavy atom. The number of thiol groups is 1. The SMILES string of the molecule is CCN(C)C(=O)S. The molecule has 42 valence electrons. The van der Waals surface area contributed by atoms with Gasteiger partial charge in [-0.05, 0) is 6.92 Å². The standard InChI is InChI=1S/C4H9NOS/c1-3-5(2)4(6)7/h3H2,1-2H3,(H,6,7). The first kappa shape index (κ1) is 6.82. The summed E-state index contributed by atoms with van der Waals surface area (Å²) in [6.45, 7) is 2.62. The van der Waals surface area contributed by atoms with E-state index in [1.54, 1.807) is 7.05 Å². The molecule has 0 unspecified atom stereocenters. The molecule has 0 saturated heterocycles. The average molecular weight is 119 g/mol. The van der Waals surface area contributed by atoms with Gasteiger partial charge in [0.2, 0.25) is 0 Å². The minimum atomic E-state index is -0.178. The van der Waals surface area contributed by atoms with Crippen LogP contribution in [0, 0.1) is 0 Å². The lowest BCUT2D eigenvalue weighted by Crippen LogP contribution is -2.19. The fourth-order valence-corrected chi connectivity index (χ4v) is 0.277. The van der Waals surface area contributed by atoms with Crippen LogP contribution < -0.4 is 0 Å². The van der Waals surface area contributed by atoms with Crippen molar-refractivity contribution in [1.29, 1.82) is 0 Å². The Hall–Kier alpha value is -0.180. The van der Waals surface area contributed by atoms with Gasteiger partial charge in [0, 0.05) is 13.6 Å². The molecule has 0 aromatic carbocycles. The van der Waals surface area contributed by atoms with Crippen LogP contribution in [0.3, 0.4) is 0 Å². The molecule has 7 heavy (non-hydrogen) atoms. The second-order valence-electron chi connectivity index (χ2n) is 1.30. The van der Waals surface area contributed by atoms with E-state index in [0.717, 1.165) is 6.54 Å². The van der Waals surface area contributed by atoms with Crippen LogP contribution in [-0.2, 0) is 0 Å². The molecule has 0 aromatic heterocycles. The molecule has 0 saturated carbocycles. The molecule has 0 rings (SSSR count). The summed E-state index contributed by atoms with van der Waals surface area (Å²) in [5.74, 6) is 0. The van der Waals surface area contributed by atoms with Crippen LogP contribution in [0.4, 0.5) is 4.79 Å². The van der Waals surface area contributed by atoms with E-state index in [0.29, 0.717) is 0 Å². The Bertz CT molecular complexity index is 74.1. The van der Waals surface area contributed by atoms with Gasteiger partial charge in [-0.2, -0.15) is 0 Å². The molecule has 0 heterocycles. The van der Waals surface area contributed by atoms with Crippen molar-refractivity contribution in [3.05, 3.63) is 0 Å². The van der Waals surface area contributed by atoms with Gasteiger partial charge in [0.25, 0.3) is 5.24 Å². The highest BCUT2D eigenvalue weighted by Crippen LogP contribution is 1.87. The number of nitrogens with zero attached hydrogens (tertiary/aromatic N) is 1. The van der Waals surface area contributed by atoms with Crippen molar-refractivity contribution in [2.24, 2.45) is 0 Å². The minimum Gasteiger partial charge on any atom is -0.337 e. The zero-order valence-corrected chi connectivity index (χ0v) is 5.40. The molecular formula is C4H9NOS. The van der Waals surface area contributed by atoms with Crippen LogP contribution in [0.25, 0.3) is 0 Å². The largest absolute Gasteiger partial charge is 0.337 e. The summed E-state index contributed by atoms with van der Waals surface area (Å²) in [6.07, 6.45) is 0. The van der Waals surface area contributed by atoms with Crippen LogP contribution in [0.2, 0.25) is 0 Å². The summed E-state index contributed by atoms with van der Waals surface area (Å²) in [6, 6.07) is 0. The summed E-state index contributed by atoms with van der Waals surface area (Å²) >= 11 is 3.56. The summed E-state index contributed by atoms with van der Waals surface area (Å²) in [5.41, 5.74) is 0. The predicted octanol–water partition coefficient (Wildman–Crippen LogP) is 0.988. The van der Waals surface area contributed by atoms with E-state index in [2.05, 4.69) is 12.6 Å². The average Bonchev–Trinajstić information content (AvgIpc) is 1.65. The highest BCUT2D eigenvalue weighted by Gasteiger charge is 1.95. The molecule has 0 N–H and O–H groups in total. The van der Waals surface area contributed by atoms with E-state index in [4.69, 9.17) is 0 Å². The molecule has 0 atom stereocenters. The highest BCUT2D eigenvalue weighted by atomic mass is 32.1. The van der Waals surface area contributed by atoms with E-state index >= 15 is 0 Å². The van der Waals surface area contributed by atoms with E-state index < -0.39 is 0 Å². The monoisotopic (exact) mass is 119 g/mol. The zero-order valence-electron chi connectivity index (χ0n) is 4.51. The quantitative estimate of drug-likeness (QED) is 0.510. The summed E-state index contributed by atoms with van der Waals surface area (Å²) < 4.78 is 0. The molecule has 0 aliphatic rings. The van der Waals surface area contributed by atoms with Gasteiger partial charge in [-0.15, -0.1) is 0 Å². The highest BCUT2D eigenvalue weighted by molar-refractivity contribution is 7.96. The fourth-order valence-electron chi connectivity index (χ4n) is 0.135. The number of rotatable bonds is 1. The summed E-state index contributed by atoms with van der Waals surface area (Å²) in [5, 5.41) is -0.178. The third-order valence-corrected chi connectivity index (χ3v) is 1.14. The Labute approximate surface area is 48.9 Å². The molecule has 2 nitrogen and oxygen atoms in total. The van der Waals surface area contributed by atoms with Crippen LogP contribution in [0.1, 0.15) is 6.92 Å². The zero-order chi connectivity index (χ0) is 5.86. The van der Waals surface area contributed by atoms with Gasteiger partial charge in [-0.3, -0.25) is 4.79 Å². The maximum Gasteiger partial charge on any atom is 0.278 e. The van der Waals surface area contributed by atoms with Crippen LogP contribution in [-0.4, -0.2) is 23.7 Å². The second kappa shape index (κ2) is 2.91. The molecule has 0 fully saturated rings. The van der Waals surface area contributed by atoms with Crippen LogP contribution in [0.5, 0.6) is 0 Å². The third kappa shape index (κ3) is 2.51. The van der Waals surface area contributed by atoms with Crippen molar-refractivity contribution in [1.82, 2.24) is 4.90 Å². The third-order valence-electron chi connectivity index (χ3n) is 0.801. The maximum absolute atomic E-state index is 10.2. The Morgan fingerprint density at radius 3 is 2.29 bits per heavy atom. The van der Waals surface area contributed by atoms with Gasteiger partial charge in [0.15, 0.2) is 0 Å². The lowest BCUT2D eigenvalue weighted by Gasteiger charge is -2.07. The number of carbonyl (C=O) groups is 1. The van der Waals surface area contributed by atoms with Crippen molar-refractivity contribution in [3.8, 4) is 0 Å². The Balaban J connectivity index is 3.34. The smallest absolute Gasteiger partial charge is 0.278 e. The van der Waals surface area contributed by atoms with Gasteiger partial charge in [0.1, 0.15) is 0 Å². The number of hydrogen-bond acceptors (Lipinski definition) is 1. The molecule has 1 amide bonds. The molecule has 0 aliphatic carbocycles. The van der Waals surface area contributed by atoms with Gasteiger partial charge < -0.3 is 4.90 Å². The number of carbonyl (C=O) groups excluding carboxylic acids is 1. The molecule has 0 aromatic rings. The minimum absolute atomic E-state index is 0.178. The molecule has 3 heteroatoms. The normalized spacial score (nSPS) is 8.43. The van der Waals surface area contributed by atoms with Crippen LogP contribution >= 0.6 is 12.6 Å². The summed E-state index contributed by atoms with van der Waals surface area (Å²) in [7, 11) is 1.70. The van der Waals surface area contributed by atoms with E-state index in [1.165, 1.54) is 4.90 Å². The first-order chi connectivity index (χ1) is 3.18. The maximum atomic E-state index is 10.2. The molecular weight excluding hydrogens is 110 g/mol. The lowest BCUT2D eigenvalue weighted by molar-refractivity contribution is 0.236. The fraction of sp³-hybridized carbons (Fsp3) is 0.750. The molecule has 0 aliphatic heterocycles. The molecule has 0 bridgehead atoms. The first-order valence-corrected chi connectivity index (χ1v) is 2.57. The van der Waals surface area contributed by atoms with Gasteiger partial charge in [-0.25, -0.2) is 0 Å². The topological polar surface area (TPSA) is 20.3 Å². The van der Waals surface area contributed by atoms with Crippen molar-refractivity contribution in [2.75, 3.05) is 13.6 Å².